The minimum Gasteiger partial charge on any atom is -0.350 e. The number of hydrogen-bond acceptors (Lipinski definition) is 3. The second-order valence-electron chi connectivity index (χ2n) is 8.29. The van der Waals surface area contributed by atoms with Gasteiger partial charge in [0, 0.05) is 22.3 Å². The number of amides is 2. The van der Waals surface area contributed by atoms with Gasteiger partial charge in [0.2, 0.25) is 11.8 Å². The lowest BCUT2D eigenvalue weighted by molar-refractivity contribution is -0.140. The molecule has 2 aromatic rings. The summed E-state index contributed by atoms with van der Waals surface area (Å²) < 4.78 is 1.04. The molecule has 0 aliphatic carbocycles. The zero-order chi connectivity index (χ0) is 22.1. The molecule has 0 fully saturated rings. The zero-order valence-electron chi connectivity index (χ0n) is 18.2. The van der Waals surface area contributed by atoms with Gasteiger partial charge in [-0.3, -0.25) is 9.59 Å². The molecule has 0 aromatic heterocycles. The van der Waals surface area contributed by atoms with Crippen LogP contribution in [0.15, 0.2) is 59.1 Å². The van der Waals surface area contributed by atoms with Crippen LogP contribution in [0.25, 0.3) is 0 Å². The van der Waals surface area contributed by atoms with Crippen LogP contribution < -0.4 is 5.32 Å². The molecule has 0 aliphatic heterocycles. The van der Waals surface area contributed by atoms with Gasteiger partial charge in [-0.2, -0.15) is 0 Å². The standard InChI is InChI=1S/C24H31BrN2O2S/c1-5-21(23(29)26-24(2,3)4)27(15-18-9-7-6-8-10-18)22(28)17-30-16-19-11-13-20(25)14-12-19/h6-14,21H,5,15-17H2,1-4H3,(H,26,29). The third-order valence-corrected chi connectivity index (χ3v) is 6.00. The van der Waals surface area contributed by atoms with E-state index in [0.29, 0.717) is 18.7 Å². The average Bonchev–Trinajstić information content (AvgIpc) is 2.68. The molecule has 0 heterocycles. The summed E-state index contributed by atoms with van der Waals surface area (Å²) in [5, 5.41) is 3.03. The van der Waals surface area contributed by atoms with E-state index >= 15 is 0 Å². The number of rotatable bonds is 9. The molecule has 162 valence electrons. The third-order valence-electron chi connectivity index (χ3n) is 4.49. The van der Waals surface area contributed by atoms with E-state index in [4.69, 9.17) is 0 Å². The molecule has 0 bridgehead atoms. The van der Waals surface area contributed by atoms with E-state index in [9.17, 15) is 9.59 Å². The van der Waals surface area contributed by atoms with Crippen molar-refractivity contribution in [2.45, 2.75) is 58.0 Å². The van der Waals surface area contributed by atoms with Gasteiger partial charge in [0.1, 0.15) is 6.04 Å². The molecule has 2 rings (SSSR count). The number of thioether (sulfide) groups is 1. The van der Waals surface area contributed by atoms with E-state index in [1.54, 1.807) is 16.7 Å². The van der Waals surface area contributed by atoms with E-state index in [2.05, 4.69) is 33.4 Å². The first kappa shape index (κ1) is 24.5. The third kappa shape index (κ3) is 8.15. The molecule has 0 saturated heterocycles. The van der Waals surface area contributed by atoms with Gasteiger partial charge in [0.05, 0.1) is 5.75 Å². The first-order valence-electron chi connectivity index (χ1n) is 10.2. The molecule has 2 amide bonds. The van der Waals surface area contributed by atoms with E-state index < -0.39 is 6.04 Å². The molecular formula is C24H31BrN2O2S. The molecule has 1 unspecified atom stereocenters. The molecule has 4 nitrogen and oxygen atoms in total. The summed E-state index contributed by atoms with van der Waals surface area (Å²) in [5.41, 5.74) is 1.84. The molecule has 6 heteroatoms. The quantitative estimate of drug-likeness (QED) is 0.511. The first-order chi connectivity index (χ1) is 14.2. The monoisotopic (exact) mass is 490 g/mol. The Morgan fingerprint density at radius 3 is 2.23 bits per heavy atom. The van der Waals surface area contributed by atoms with Crippen LogP contribution in [-0.4, -0.2) is 34.0 Å². The Bertz CT molecular complexity index is 819. The van der Waals surface area contributed by atoms with Gasteiger partial charge in [-0.25, -0.2) is 0 Å². The second-order valence-corrected chi connectivity index (χ2v) is 10.2. The Morgan fingerprint density at radius 2 is 1.67 bits per heavy atom. The van der Waals surface area contributed by atoms with Crippen LogP contribution in [0.4, 0.5) is 0 Å². The van der Waals surface area contributed by atoms with Crippen LogP contribution in [-0.2, 0) is 21.9 Å². The van der Waals surface area contributed by atoms with Crippen molar-refractivity contribution in [3.8, 4) is 0 Å². The highest BCUT2D eigenvalue weighted by atomic mass is 79.9. The number of carbonyl (C=O) groups excluding carboxylic acids is 2. The van der Waals surface area contributed by atoms with E-state index in [1.807, 2.05) is 70.2 Å². The maximum absolute atomic E-state index is 13.2. The molecule has 0 aliphatic rings. The predicted molar refractivity (Wildman–Crippen MR) is 129 cm³/mol. The molecule has 0 spiro atoms. The fraction of sp³-hybridized carbons (Fsp3) is 0.417. The highest BCUT2D eigenvalue weighted by Crippen LogP contribution is 2.19. The van der Waals surface area contributed by atoms with Crippen LogP contribution >= 0.6 is 27.7 Å². The zero-order valence-corrected chi connectivity index (χ0v) is 20.6. The molecular weight excluding hydrogens is 460 g/mol. The van der Waals surface area contributed by atoms with Crippen molar-refractivity contribution < 1.29 is 9.59 Å². The Hall–Kier alpha value is -1.79. The Balaban J connectivity index is 2.11. The van der Waals surface area contributed by atoms with Crippen molar-refractivity contribution in [1.29, 1.82) is 0 Å². The van der Waals surface area contributed by atoms with Crippen molar-refractivity contribution >= 4 is 39.5 Å². The number of nitrogens with zero attached hydrogens (tertiary/aromatic N) is 1. The lowest BCUT2D eigenvalue weighted by Crippen LogP contribution is -2.53. The fourth-order valence-electron chi connectivity index (χ4n) is 3.07. The summed E-state index contributed by atoms with van der Waals surface area (Å²) in [5.74, 6) is 0.967. The Kier molecular flexibility index (Phi) is 9.43. The summed E-state index contributed by atoms with van der Waals surface area (Å²) in [4.78, 5) is 27.8. The SMILES string of the molecule is CCC(C(=O)NC(C)(C)C)N(Cc1ccccc1)C(=O)CSCc1ccc(Br)cc1. The van der Waals surface area contributed by atoms with Crippen molar-refractivity contribution in [3.05, 3.63) is 70.2 Å². The van der Waals surface area contributed by atoms with Gasteiger partial charge in [0.15, 0.2) is 0 Å². The van der Waals surface area contributed by atoms with Gasteiger partial charge in [0.25, 0.3) is 0 Å². The minimum atomic E-state index is -0.495. The van der Waals surface area contributed by atoms with Gasteiger partial charge >= 0.3 is 0 Å². The van der Waals surface area contributed by atoms with Crippen LogP contribution in [0.1, 0.15) is 45.2 Å². The fourth-order valence-corrected chi connectivity index (χ4v) is 4.21. The maximum Gasteiger partial charge on any atom is 0.243 e. The highest BCUT2D eigenvalue weighted by molar-refractivity contribution is 9.10. The van der Waals surface area contributed by atoms with E-state index in [1.165, 1.54) is 5.56 Å². The van der Waals surface area contributed by atoms with Gasteiger partial charge in [-0.1, -0.05) is 65.3 Å². The van der Waals surface area contributed by atoms with Crippen molar-refractivity contribution in [3.63, 3.8) is 0 Å². The van der Waals surface area contributed by atoms with Crippen LogP contribution in [0.5, 0.6) is 0 Å². The molecule has 0 radical (unpaired) electrons. The van der Waals surface area contributed by atoms with Gasteiger partial charge in [-0.15, -0.1) is 11.8 Å². The molecule has 0 saturated carbocycles. The van der Waals surface area contributed by atoms with Gasteiger partial charge < -0.3 is 10.2 Å². The number of carbonyl (C=O) groups is 2. The van der Waals surface area contributed by atoms with Crippen molar-refractivity contribution in [2.75, 3.05) is 5.75 Å². The van der Waals surface area contributed by atoms with E-state index in [0.717, 1.165) is 15.8 Å². The van der Waals surface area contributed by atoms with E-state index in [-0.39, 0.29) is 17.4 Å². The normalized spacial score (nSPS) is 12.3. The average molecular weight is 491 g/mol. The molecule has 1 atom stereocenters. The topological polar surface area (TPSA) is 49.4 Å². The molecule has 2 aromatic carbocycles. The number of halogens is 1. The van der Waals surface area contributed by atoms with Crippen LogP contribution in [0.3, 0.4) is 0 Å². The van der Waals surface area contributed by atoms with Gasteiger partial charge in [-0.05, 0) is 50.5 Å². The lowest BCUT2D eigenvalue weighted by atomic mass is 10.1. The van der Waals surface area contributed by atoms with Crippen LogP contribution in [0.2, 0.25) is 0 Å². The minimum absolute atomic E-state index is 0.0168. The Labute approximate surface area is 192 Å². The second kappa shape index (κ2) is 11.6. The number of benzene rings is 2. The number of nitrogens with one attached hydrogen (secondary N) is 1. The summed E-state index contributed by atoms with van der Waals surface area (Å²) in [7, 11) is 0. The maximum atomic E-state index is 13.2. The van der Waals surface area contributed by atoms with Crippen molar-refractivity contribution in [1.82, 2.24) is 10.2 Å². The summed E-state index contributed by atoms with van der Waals surface area (Å²) in [6, 6.07) is 17.5. The molecule has 30 heavy (non-hydrogen) atoms. The smallest absolute Gasteiger partial charge is 0.243 e. The summed E-state index contributed by atoms with van der Waals surface area (Å²) >= 11 is 5.01. The predicted octanol–water partition coefficient (Wildman–Crippen LogP) is 5.40. The van der Waals surface area contributed by atoms with Crippen LogP contribution in [0, 0.1) is 0 Å². The highest BCUT2D eigenvalue weighted by Gasteiger charge is 2.30. The first-order valence-corrected chi connectivity index (χ1v) is 12.1. The summed E-state index contributed by atoms with van der Waals surface area (Å²) in [6.07, 6.45) is 0.567. The summed E-state index contributed by atoms with van der Waals surface area (Å²) in [6.45, 7) is 8.24. The largest absolute Gasteiger partial charge is 0.350 e. The molecule has 1 N–H and O–H groups in total. The van der Waals surface area contributed by atoms with Crippen molar-refractivity contribution in [2.24, 2.45) is 0 Å². The Morgan fingerprint density at radius 1 is 1.03 bits per heavy atom. The number of hydrogen-bond donors (Lipinski definition) is 1. The lowest BCUT2D eigenvalue weighted by Gasteiger charge is -2.33.